The Bertz CT molecular complexity index is 4200. The SMILES string of the molecule is CC1C=Cc2c(n(-c3cccc(-c4cccc(-n5c6ccc(-c7cccc(-c8cccnc8)c7)cc6c6cc(-c7cccc(-c8cccnc8)c7)ccc65)c4)c3)c3ccc(-c4cncc(-c5ccccn5)c4)cc23)C1. The van der Waals surface area contributed by atoms with Gasteiger partial charge in [-0.15, -0.1) is 0 Å². The first-order valence-electron chi connectivity index (χ1n) is 25.6. The Labute approximate surface area is 435 Å². The van der Waals surface area contributed by atoms with Crippen molar-refractivity contribution in [1.29, 1.82) is 0 Å². The molecule has 0 radical (unpaired) electrons. The molecule has 13 aromatic rings. The highest BCUT2D eigenvalue weighted by Gasteiger charge is 2.23. The third-order valence-electron chi connectivity index (χ3n) is 14.9. The number of allylic oxidation sites excluding steroid dienone is 1. The Morgan fingerprint density at radius 1 is 0.360 bits per heavy atom. The molecule has 6 nitrogen and oxygen atoms in total. The third-order valence-corrected chi connectivity index (χ3v) is 14.9. The molecule has 0 saturated heterocycles. The summed E-state index contributed by atoms with van der Waals surface area (Å²) in [6, 6.07) is 72.8. The van der Waals surface area contributed by atoms with Gasteiger partial charge in [0.2, 0.25) is 0 Å². The summed E-state index contributed by atoms with van der Waals surface area (Å²) in [6.07, 6.45) is 18.8. The van der Waals surface area contributed by atoms with Crippen LogP contribution in [0.3, 0.4) is 0 Å². The van der Waals surface area contributed by atoms with Crippen molar-refractivity contribution >= 4 is 38.8 Å². The number of hydrogen-bond acceptors (Lipinski definition) is 4. The fraction of sp³-hybridized carbons (Fsp3) is 0.0435. The normalized spacial score (nSPS) is 13.2. The zero-order chi connectivity index (χ0) is 49.8. The minimum atomic E-state index is 0.423. The van der Waals surface area contributed by atoms with E-state index in [0.29, 0.717) is 5.92 Å². The highest BCUT2D eigenvalue weighted by atomic mass is 15.0. The van der Waals surface area contributed by atoms with E-state index in [1.807, 2.05) is 73.7 Å². The van der Waals surface area contributed by atoms with Crippen molar-refractivity contribution in [3.05, 3.63) is 261 Å². The second kappa shape index (κ2) is 18.4. The summed E-state index contributed by atoms with van der Waals surface area (Å²) in [4.78, 5) is 18.0. The fourth-order valence-corrected chi connectivity index (χ4v) is 11.3. The van der Waals surface area contributed by atoms with Crippen LogP contribution in [0.25, 0.3) is 128 Å². The molecule has 6 heterocycles. The molecule has 6 aromatic heterocycles. The van der Waals surface area contributed by atoms with E-state index in [-0.39, 0.29) is 0 Å². The quantitative estimate of drug-likeness (QED) is 0.145. The maximum atomic E-state index is 4.65. The van der Waals surface area contributed by atoms with Crippen LogP contribution >= 0.6 is 0 Å². The summed E-state index contributed by atoms with van der Waals surface area (Å²) in [5, 5.41) is 3.63. The molecule has 0 aliphatic heterocycles. The van der Waals surface area contributed by atoms with Gasteiger partial charge in [-0.3, -0.25) is 19.9 Å². The summed E-state index contributed by atoms with van der Waals surface area (Å²) in [5.41, 5.74) is 23.9. The topological polar surface area (TPSA) is 61.4 Å². The van der Waals surface area contributed by atoms with Crippen LogP contribution in [-0.4, -0.2) is 29.1 Å². The molecule has 0 spiro atoms. The number of aromatic nitrogens is 6. The highest BCUT2D eigenvalue weighted by Crippen LogP contribution is 2.41. The Morgan fingerprint density at radius 3 is 1.40 bits per heavy atom. The van der Waals surface area contributed by atoms with Crippen molar-refractivity contribution < 1.29 is 0 Å². The molecule has 0 saturated carbocycles. The van der Waals surface area contributed by atoms with Crippen LogP contribution in [0.15, 0.2) is 250 Å². The summed E-state index contributed by atoms with van der Waals surface area (Å²) in [7, 11) is 0. The lowest BCUT2D eigenvalue weighted by Gasteiger charge is -2.18. The van der Waals surface area contributed by atoms with Crippen LogP contribution in [0, 0.1) is 5.92 Å². The predicted molar refractivity (Wildman–Crippen MR) is 309 cm³/mol. The van der Waals surface area contributed by atoms with Gasteiger partial charge in [-0.25, -0.2) is 0 Å². The molecule has 6 heteroatoms. The number of rotatable bonds is 9. The van der Waals surface area contributed by atoms with E-state index in [4.69, 9.17) is 0 Å². The zero-order valence-electron chi connectivity index (χ0n) is 41.2. The molecule has 0 fully saturated rings. The molecule has 354 valence electrons. The van der Waals surface area contributed by atoms with Crippen molar-refractivity contribution in [2.75, 3.05) is 0 Å². The van der Waals surface area contributed by atoms with Gasteiger partial charge in [-0.1, -0.05) is 116 Å². The van der Waals surface area contributed by atoms with Crippen LogP contribution < -0.4 is 0 Å². The van der Waals surface area contributed by atoms with Gasteiger partial charge in [0, 0.05) is 104 Å². The van der Waals surface area contributed by atoms with E-state index >= 15 is 0 Å². The van der Waals surface area contributed by atoms with Crippen LogP contribution in [0.2, 0.25) is 0 Å². The lowest BCUT2D eigenvalue weighted by Crippen LogP contribution is -2.08. The van der Waals surface area contributed by atoms with Gasteiger partial charge in [0.1, 0.15) is 0 Å². The Morgan fingerprint density at radius 2 is 0.827 bits per heavy atom. The van der Waals surface area contributed by atoms with Gasteiger partial charge in [-0.2, -0.15) is 0 Å². The number of pyridine rings is 4. The average Bonchev–Trinajstić information content (AvgIpc) is 4.03. The molecule has 0 bridgehead atoms. The van der Waals surface area contributed by atoms with E-state index in [9.17, 15) is 0 Å². The summed E-state index contributed by atoms with van der Waals surface area (Å²) in [6.45, 7) is 2.31. The molecule has 1 aliphatic rings. The summed E-state index contributed by atoms with van der Waals surface area (Å²) < 4.78 is 4.93. The lowest BCUT2D eigenvalue weighted by molar-refractivity contribution is 0.690. The molecule has 14 rings (SSSR count). The van der Waals surface area contributed by atoms with Crippen LogP contribution in [-0.2, 0) is 6.42 Å². The van der Waals surface area contributed by atoms with Crippen LogP contribution in [0.4, 0.5) is 0 Å². The first-order chi connectivity index (χ1) is 37.1. The predicted octanol–water partition coefficient (Wildman–Crippen LogP) is 17.2. The first-order valence-corrected chi connectivity index (χ1v) is 25.6. The minimum absolute atomic E-state index is 0.423. The van der Waals surface area contributed by atoms with Gasteiger partial charge >= 0.3 is 0 Å². The smallest absolute Gasteiger partial charge is 0.0717 e. The van der Waals surface area contributed by atoms with Crippen LogP contribution in [0.5, 0.6) is 0 Å². The van der Waals surface area contributed by atoms with Crippen LogP contribution in [0.1, 0.15) is 18.2 Å². The third kappa shape index (κ3) is 8.01. The van der Waals surface area contributed by atoms with Gasteiger partial charge in [0.15, 0.2) is 0 Å². The van der Waals surface area contributed by atoms with Crippen molar-refractivity contribution in [2.45, 2.75) is 13.3 Å². The standard InChI is InChI=1S/C69H48N6/c1-45-21-25-61-62-40-54(57-35-58(44-72-43-57)65-20-2-3-31-73-65)24-28-66(62)75(69(61)32-45)60-19-7-15-51(37-60)50-14-6-18-59(36-50)74-67-26-22-52(46-10-4-12-48(33-46)55-16-8-29-70-41-55)38-63(67)64-39-53(23-27-68(64)74)47-11-5-13-49(34-47)56-17-9-30-71-42-56/h2-31,33-45H,32H2,1H3. The Kier molecular flexibility index (Phi) is 10.8. The lowest BCUT2D eigenvalue weighted by atomic mass is 9.94. The molecule has 75 heavy (non-hydrogen) atoms. The summed E-state index contributed by atoms with van der Waals surface area (Å²) >= 11 is 0. The zero-order valence-corrected chi connectivity index (χ0v) is 41.2. The van der Waals surface area contributed by atoms with Gasteiger partial charge in [0.25, 0.3) is 0 Å². The fourth-order valence-electron chi connectivity index (χ4n) is 11.3. The molecule has 0 N–H and O–H groups in total. The molecule has 1 atom stereocenters. The van der Waals surface area contributed by atoms with E-state index in [1.54, 1.807) is 0 Å². The molecule has 0 amide bonds. The molecule has 1 aliphatic carbocycles. The highest BCUT2D eigenvalue weighted by molar-refractivity contribution is 6.12. The number of nitrogens with zero attached hydrogens (tertiary/aromatic N) is 6. The van der Waals surface area contributed by atoms with Gasteiger partial charge in [-0.05, 0) is 166 Å². The molecule has 1 unspecified atom stereocenters. The molecular formula is C69H48N6. The number of fused-ring (bicyclic) bond motifs is 6. The van der Waals surface area contributed by atoms with Crippen molar-refractivity contribution in [2.24, 2.45) is 5.92 Å². The van der Waals surface area contributed by atoms with E-state index in [0.717, 1.165) is 107 Å². The Hall–Kier alpha value is -9.78. The largest absolute Gasteiger partial charge is 0.313 e. The Balaban J connectivity index is 0.877. The minimum Gasteiger partial charge on any atom is -0.313 e. The second-order valence-electron chi connectivity index (χ2n) is 19.7. The van der Waals surface area contributed by atoms with Crippen molar-refractivity contribution in [1.82, 2.24) is 29.1 Å². The first kappa shape index (κ1) is 44.0. The van der Waals surface area contributed by atoms with E-state index in [1.165, 1.54) is 32.9 Å². The average molecular weight is 961 g/mol. The monoisotopic (exact) mass is 960 g/mol. The maximum Gasteiger partial charge on any atom is 0.0717 e. The number of benzene rings is 7. The van der Waals surface area contributed by atoms with Gasteiger partial charge in [0.05, 0.1) is 22.2 Å². The van der Waals surface area contributed by atoms with Crippen molar-refractivity contribution in [3.8, 4) is 89.4 Å². The number of hydrogen-bond donors (Lipinski definition) is 0. The molecule has 7 aromatic carbocycles. The second-order valence-corrected chi connectivity index (χ2v) is 19.7. The van der Waals surface area contributed by atoms with E-state index < -0.39 is 0 Å². The van der Waals surface area contributed by atoms with E-state index in [2.05, 4.69) is 218 Å². The maximum absolute atomic E-state index is 4.65. The summed E-state index contributed by atoms with van der Waals surface area (Å²) in [5.74, 6) is 0.423. The van der Waals surface area contributed by atoms with Crippen molar-refractivity contribution in [3.63, 3.8) is 0 Å². The van der Waals surface area contributed by atoms with Gasteiger partial charge < -0.3 is 9.13 Å². The molecular weight excluding hydrogens is 913 g/mol.